The molecule has 0 radical (unpaired) electrons. The van der Waals surface area contributed by atoms with Crippen molar-refractivity contribution in [1.82, 2.24) is 9.62 Å². The lowest BCUT2D eigenvalue weighted by Gasteiger charge is -2.19. The summed E-state index contributed by atoms with van der Waals surface area (Å²) in [6.07, 6.45) is 1.02. The van der Waals surface area contributed by atoms with Gasteiger partial charge in [-0.25, -0.2) is 8.42 Å². The van der Waals surface area contributed by atoms with E-state index >= 15 is 0 Å². The first kappa shape index (κ1) is 23.9. The van der Waals surface area contributed by atoms with Crippen molar-refractivity contribution in [3.8, 4) is 0 Å². The fourth-order valence-corrected chi connectivity index (χ4v) is 3.85. The van der Waals surface area contributed by atoms with Crippen LogP contribution in [0.2, 0.25) is 0 Å². The van der Waals surface area contributed by atoms with E-state index in [4.69, 9.17) is 5.73 Å². The van der Waals surface area contributed by atoms with E-state index in [9.17, 15) is 13.2 Å². The maximum absolute atomic E-state index is 12.4. The molecule has 0 saturated carbocycles. The molecule has 0 heterocycles. The number of nitrogens with zero attached hydrogens (tertiary/aromatic N) is 1. The third-order valence-electron chi connectivity index (χ3n) is 3.93. The number of nitrogens with one attached hydrogen (secondary N) is 1. The van der Waals surface area contributed by atoms with E-state index in [-0.39, 0.29) is 35.3 Å². The summed E-state index contributed by atoms with van der Waals surface area (Å²) in [4.78, 5) is 12.1. The highest BCUT2D eigenvalue weighted by Crippen LogP contribution is 2.19. The quantitative estimate of drug-likeness (QED) is 0.676. The lowest BCUT2D eigenvalue weighted by Crippen LogP contribution is -2.30. The SMILES string of the molecule is CCN(CC)S(=O)(=O)c1ccc(C(C)NC(=O)CCC(C)N)cc1.Cl. The second-order valence-corrected chi connectivity index (χ2v) is 7.90. The average molecular weight is 392 g/mol. The van der Waals surface area contributed by atoms with Gasteiger partial charge in [-0.3, -0.25) is 4.79 Å². The van der Waals surface area contributed by atoms with Gasteiger partial charge in [-0.15, -0.1) is 12.4 Å². The summed E-state index contributed by atoms with van der Waals surface area (Å²) < 4.78 is 26.3. The van der Waals surface area contributed by atoms with E-state index in [2.05, 4.69) is 5.32 Å². The lowest BCUT2D eigenvalue weighted by atomic mass is 10.1. The van der Waals surface area contributed by atoms with E-state index in [1.165, 1.54) is 4.31 Å². The number of hydrogen-bond acceptors (Lipinski definition) is 4. The molecule has 1 amide bonds. The third-order valence-corrected chi connectivity index (χ3v) is 5.99. The van der Waals surface area contributed by atoms with E-state index in [1.807, 2.05) is 27.7 Å². The molecule has 1 aromatic carbocycles. The molecule has 0 aliphatic heterocycles. The van der Waals surface area contributed by atoms with Gasteiger partial charge < -0.3 is 11.1 Å². The Bertz CT molecular complexity index is 629. The van der Waals surface area contributed by atoms with Crippen LogP contribution in [0.3, 0.4) is 0 Å². The molecule has 8 heteroatoms. The zero-order chi connectivity index (χ0) is 18.3. The molecule has 2 atom stereocenters. The Balaban J connectivity index is 0.00000576. The molecule has 0 saturated heterocycles. The van der Waals surface area contributed by atoms with Crippen LogP contribution in [0.5, 0.6) is 0 Å². The predicted octanol–water partition coefficient (Wildman–Crippen LogP) is 2.44. The standard InChI is InChI=1S/C17H29N3O3S.ClH/c1-5-20(6-2)24(22,23)16-10-8-15(9-11-16)14(4)19-17(21)12-7-13(3)18;/h8-11,13-14H,5-7,12,18H2,1-4H3,(H,19,21);1H. The third kappa shape index (κ3) is 6.93. The van der Waals surface area contributed by atoms with Gasteiger partial charge in [-0.1, -0.05) is 26.0 Å². The van der Waals surface area contributed by atoms with Crippen molar-refractivity contribution < 1.29 is 13.2 Å². The molecule has 144 valence electrons. The summed E-state index contributed by atoms with van der Waals surface area (Å²) >= 11 is 0. The van der Waals surface area contributed by atoms with Crippen molar-refractivity contribution >= 4 is 28.3 Å². The average Bonchev–Trinajstić information content (AvgIpc) is 2.54. The summed E-state index contributed by atoms with van der Waals surface area (Å²) in [6, 6.07) is 6.48. The van der Waals surface area contributed by atoms with Gasteiger partial charge in [0.15, 0.2) is 0 Å². The minimum absolute atomic E-state index is 0. The number of halogens is 1. The van der Waals surface area contributed by atoms with Gasteiger partial charge in [-0.05, 0) is 38.0 Å². The molecular formula is C17H30ClN3O3S. The van der Waals surface area contributed by atoms with Crippen LogP contribution < -0.4 is 11.1 Å². The number of rotatable bonds is 9. The molecule has 0 fully saturated rings. The van der Waals surface area contributed by atoms with E-state index in [1.54, 1.807) is 24.3 Å². The van der Waals surface area contributed by atoms with Crippen LogP contribution in [0.25, 0.3) is 0 Å². The number of amides is 1. The second-order valence-electron chi connectivity index (χ2n) is 5.96. The minimum Gasteiger partial charge on any atom is -0.350 e. The Kier molecular flexibility index (Phi) is 10.3. The molecule has 3 N–H and O–H groups in total. The highest BCUT2D eigenvalue weighted by atomic mass is 35.5. The van der Waals surface area contributed by atoms with E-state index in [0.717, 1.165) is 5.56 Å². The predicted molar refractivity (Wildman–Crippen MR) is 103 cm³/mol. The first-order valence-electron chi connectivity index (χ1n) is 8.37. The van der Waals surface area contributed by atoms with Gasteiger partial charge in [0.2, 0.25) is 15.9 Å². The van der Waals surface area contributed by atoms with Crippen molar-refractivity contribution in [2.75, 3.05) is 13.1 Å². The molecular weight excluding hydrogens is 362 g/mol. The molecule has 25 heavy (non-hydrogen) atoms. The summed E-state index contributed by atoms with van der Waals surface area (Å²) in [7, 11) is -3.45. The second kappa shape index (κ2) is 10.8. The molecule has 6 nitrogen and oxygen atoms in total. The van der Waals surface area contributed by atoms with Crippen LogP contribution in [-0.2, 0) is 14.8 Å². The highest BCUT2D eigenvalue weighted by molar-refractivity contribution is 7.89. The van der Waals surface area contributed by atoms with E-state index < -0.39 is 10.0 Å². The first-order valence-corrected chi connectivity index (χ1v) is 9.81. The molecule has 2 unspecified atom stereocenters. The Morgan fingerprint density at radius 2 is 1.68 bits per heavy atom. The van der Waals surface area contributed by atoms with Gasteiger partial charge in [0.25, 0.3) is 0 Å². The first-order chi connectivity index (χ1) is 11.2. The Hall–Kier alpha value is -1.15. The van der Waals surface area contributed by atoms with Crippen molar-refractivity contribution in [2.24, 2.45) is 5.73 Å². The number of hydrogen-bond donors (Lipinski definition) is 2. The minimum atomic E-state index is -3.45. The fourth-order valence-electron chi connectivity index (χ4n) is 2.40. The number of sulfonamides is 1. The number of carbonyl (C=O) groups excluding carboxylic acids is 1. The normalized spacial score (nSPS) is 13.8. The monoisotopic (exact) mass is 391 g/mol. The van der Waals surface area contributed by atoms with Crippen LogP contribution in [0, 0.1) is 0 Å². The maximum atomic E-state index is 12.4. The summed E-state index contributed by atoms with van der Waals surface area (Å²) in [5.74, 6) is -0.0559. The Morgan fingerprint density at radius 1 is 1.16 bits per heavy atom. The molecule has 0 aliphatic rings. The van der Waals surface area contributed by atoms with Crippen LogP contribution in [0.15, 0.2) is 29.2 Å². The number of nitrogens with two attached hydrogens (primary N) is 1. The topological polar surface area (TPSA) is 92.5 Å². The van der Waals surface area contributed by atoms with Crippen LogP contribution >= 0.6 is 12.4 Å². The molecule has 0 bridgehead atoms. The molecule has 0 aromatic heterocycles. The van der Waals surface area contributed by atoms with Gasteiger partial charge in [0.05, 0.1) is 10.9 Å². The maximum Gasteiger partial charge on any atom is 0.243 e. The highest BCUT2D eigenvalue weighted by Gasteiger charge is 2.21. The van der Waals surface area contributed by atoms with Crippen molar-refractivity contribution in [3.05, 3.63) is 29.8 Å². The van der Waals surface area contributed by atoms with Gasteiger partial charge in [-0.2, -0.15) is 4.31 Å². The number of benzene rings is 1. The smallest absolute Gasteiger partial charge is 0.243 e. The lowest BCUT2D eigenvalue weighted by molar-refractivity contribution is -0.121. The summed E-state index contributed by atoms with van der Waals surface area (Å²) in [5, 5.41) is 2.90. The Labute approximate surface area is 157 Å². The summed E-state index contributed by atoms with van der Waals surface area (Å²) in [5.41, 5.74) is 6.51. The van der Waals surface area contributed by atoms with Gasteiger partial charge >= 0.3 is 0 Å². The van der Waals surface area contributed by atoms with Crippen molar-refractivity contribution in [3.63, 3.8) is 0 Å². The van der Waals surface area contributed by atoms with Crippen molar-refractivity contribution in [1.29, 1.82) is 0 Å². The molecule has 1 rings (SSSR count). The summed E-state index contributed by atoms with van der Waals surface area (Å²) in [6.45, 7) is 8.24. The molecule has 0 aliphatic carbocycles. The fraction of sp³-hybridized carbons (Fsp3) is 0.588. The van der Waals surface area contributed by atoms with Gasteiger partial charge in [0, 0.05) is 25.6 Å². The Morgan fingerprint density at radius 3 is 2.12 bits per heavy atom. The largest absolute Gasteiger partial charge is 0.350 e. The molecule has 1 aromatic rings. The molecule has 0 spiro atoms. The van der Waals surface area contributed by atoms with Crippen molar-refractivity contribution in [2.45, 2.75) is 57.5 Å². The number of carbonyl (C=O) groups is 1. The van der Waals surface area contributed by atoms with E-state index in [0.29, 0.717) is 25.9 Å². The van der Waals surface area contributed by atoms with Crippen LogP contribution in [-0.4, -0.2) is 37.8 Å². The zero-order valence-corrected chi connectivity index (χ0v) is 17.0. The zero-order valence-electron chi connectivity index (χ0n) is 15.4. The van der Waals surface area contributed by atoms with Crippen LogP contribution in [0.4, 0.5) is 0 Å². The van der Waals surface area contributed by atoms with Gasteiger partial charge in [0.1, 0.15) is 0 Å². The van der Waals surface area contributed by atoms with Crippen LogP contribution in [0.1, 0.15) is 52.1 Å².